The third kappa shape index (κ3) is 5.16. The van der Waals surface area contributed by atoms with Crippen LogP contribution in [0.5, 0.6) is 0 Å². The molecule has 4 nitrogen and oxygen atoms in total. The molecule has 0 bridgehead atoms. The van der Waals surface area contributed by atoms with E-state index in [1.165, 1.54) is 13.8 Å². The molecule has 0 aromatic carbocycles. The van der Waals surface area contributed by atoms with Gasteiger partial charge in [-0.15, -0.1) is 0 Å². The van der Waals surface area contributed by atoms with Gasteiger partial charge in [0.15, 0.2) is 0 Å². The van der Waals surface area contributed by atoms with E-state index in [2.05, 4.69) is 0 Å². The van der Waals surface area contributed by atoms with Gasteiger partial charge in [0.05, 0.1) is 15.4 Å². The van der Waals surface area contributed by atoms with Crippen molar-refractivity contribution in [2.24, 2.45) is 5.92 Å². The van der Waals surface area contributed by atoms with Crippen molar-refractivity contribution in [1.82, 2.24) is 0 Å². The molecule has 2 atom stereocenters. The molecule has 0 aliphatic rings. The summed E-state index contributed by atoms with van der Waals surface area (Å²) in [5.74, 6) is -0.484. The molecule has 11 heavy (non-hydrogen) atoms. The zero-order valence-corrected chi connectivity index (χ0v) is 9.76. The van der Waals surface area contributed by atoms with Crippen molar-refractivity contribution in [2.75, 3.05) is 6.61 Å². The van der Waals surface area contributed by atoms with Crippen LogP contribution in [0.25, 0.3) is 0 Å². The molecule has 0 amide bonds. The average Bonchev–Trinajstić information content (AvgIpc) is 1.83. The molecule has 0 radical (unpaired) electrons. The van der Waals surface area contributed by atoms with Crippen molar-refractivity contribution in [3.05, 3.63) is 0 Å². The van der Waals surface area contributed by atoms with E-state index in [0.29, 0.717) is 0 Å². The molecule has 6 heteroatoms. The molecule has 62 valence electrons. The summed E-state index contributed by atoms with van der Waals surface area (Å²) >= 11 is 0. The Kier molecular flexibility index (Phi) is 7.20. The topological polar surface area (TPSA) is 77.4 Å². The third-order valence-corrected chi connectivity index (χ3v) is 2.92. The molecule has 0 saturated heterocycles. The van der Waals surface area contributed by atoms with Crippen LogP contribution in [0.1, 0.15) is 13.8 Å². The van der Waals surface area contributed by atoms with Crippen LogP contribution in [0.15, 0.2) is 0 Å². The van der Waals surface area contributed by atoms with Gasteiger partial charge in [0.2, 0.25) is 0 Å². The Balaban J connectivity index is 0. The maximum atomic E-state index is 10.3. The Bertz CT molecular complexity index is 189. The smallest absolute Gasteiger partial charge is 0.748 e. The maximum absolute atomic E-state index is 10.3. The quantitative estimate of drug-likeness (QED) is 0.371. The molecule has 1 N–H and O–H groups in total. The molecule has 0 rings (SSSR count). The SMILES string of the molecule is CC(CO)C(C)S(=O)(=O)[O-].[Na+]. The van der Waals surface area contributed by atoms with Crippen LogP contribution >= 0.6 is 0 Å². The summed E-state index contributed by atoms with van der Waals surface area (Å²) in [5.41, 5.74) is 0. The molecule has 0 spiro atoms. The fourth-order valence-corrected chi connectivity index (χ4v) is 1.09. The van der Waals surface area contributed by atoms with Crippen LogP contribution in [-0.4, -0.2) is 29.9 Å². The fraction of sp³-hybridized carbons (Fsp3) is 1.00. The van der Waals surface area contributed by atoms with E-state index in [9.17, 15) is 13.0 Å². The normalized spacial score (nSPS) is 16.7. The zero-order chi connectivity index (χ0) is 8.36. The summed E-state index contributed by atoms with van der Waals surface area (Å²) in [5, 5.41) is 7.46. The number of aliphatic hydroxyl groups is 1. The van der Waals surface area contributed by atoms with Gasteiger partial charge < -0.3 is 9.66 Å². The maximum Gasteiger partial charge on any atom is 1.00 e. The Morgan fingerprint density at radius 2 is 1.82 bits per heavy atom. The molecule has 0 aliphatic heterocycles. The second kappa shape index (κ2) is 5.50. The number of aliphatic hydroxyl groups excluding tert-OH is 1. The fourth-order valence-electron chi connectivity index (χ4n) is 0.433. The minimum absolute atomic E-state index is 0. The van der Waals surface area contributed by atoms with Gasteiger partial charge >= 0.3 is 29.6 Å². The predicted molar refractivity (Wildman–Crippen MR) is 35.4 cm³/mol. The molecule has 0 fully saturated rings. The van der Waals surface area contributed by atoms with Gasteiger partial charge in [0.1, 0.15) is 0 Å². The first kappa shape index (κ1) is 14.4. The second-order valence-corrected chi connectivity index (χ2v) is 4.09. The van der Waals surface area contributed by atoms with Crippen LogP contribution in [0.2, 0.25) is 0 Å². The minimum Gasteiger partial charge on any atom is -0.748 e. The van der Waals surface area contributed by atoms with Crippen LogP contribution in [-0.2, 0) is 10.1 Å². The Morgan fingerprint density at radius 3 is 1.91 bits per heavy atom. The molecule has 0 aliphatic carbocycles. The summed E-state index contributed by atoms with van der Waals surface area (Å²) in [6.07, 6.45) is 0. The first-order chi connectivity index (χ1) is 4.39. The number of hydrogen-bond acceptors (Lipinski definition) is 4. The van der Waals surface area contributed by atoms with Crippen molar-refractivity contribution in [1.29, 1.82) is 0 Å². The Morgan fingerprint density at radius 1 is 1.45 bits per heavy atom. The van der Waals surface area contributed by atoms with Crippen LogP contribution < -0.4 is 29.6 Å². The average molecular weight is 190 g/mol. The van der Waals surface area contributed by atoms with Crippen molar-refractivity contribution >= 4 is 10.1 Å². The van der Waals surface area contributed by atoms with Gasteiger partial charge in [-0.25, -0.2) is 8.42 Å². The van der Waals surface area contributed by atoms with Crippen molar-refractivity contribution in [2.45, 2.75) is 19.1 Å². The number of hydrogen-bond donors (Lipinski definition) is 1. The van der Waals surface area contributed by atoms with Gasteiger partial charge in [-0.3, -0.25) is 0 Å². The monoisotopic (exact) mass is 190 g/mol. The molecule has 0 saturated carbocycles. The van der Waals surface area contributed by atoms with Gasteiger partial charge in [-0.1, -0.05) is 6.92 Å². The number of rotatable bonds is 3. The van der Waals surface area contributed by atoms with E-state index in [-0.39, 0.29) is 36.2 Å². The minimum atomic E-state index is -4.22. The standard InChI is InChI=1S/C5H12O4S.Na/c1-4(3-6)5(2)10(7,8)9;/h4-6H,3H2,1-2H3,(H,7,8,9);/q;+1/p-1. The van der Waals surface area contributed by atoms with Gasteiger partial charge in [-0.2, -0.15) is 0 Å². The molecule has 2 unspecified atom stereocenters. The summed E-state index contributed by atoms with van der Waals surface area (Å²) in [7, 11) is -4.22. The summed E-state index contributed by atoms with van der Waals surface area (Å²) in [4.78, 5) is 0. The molecule has 0 heterocycles. The van der Waals surface area contributed by atoms with E-state index in [1.807, 2.05) is 0 Å². The van der Waals surface area contributed by atoms with Crippen molar-refractivity contribution < 1.29 is 47.6 Å². The van der Waals surface area contributed by atoms with E-state index >= 15 is 0 Å². The van der Waals surface area contributed by atoms with Crippen LogP contribution in [0.3, 0.4) is 0 Å². The van der Waals surface area contributed by atoms with Gasteiger partial charge in [0.25, 0.3) is 0 Å². The zero-order valence-electron chi connectivity index (χ0n) is 6.94. The first-order valence-electron chi connectivity index (χ1n) is 2.95. The first-order valence-corrected chi connectivity index (χ1v) is 4.42. The van der Waals surface area contributed by atoms with E-state index in [4.69, 9.17) is 5.11 Å². The third-order valence-electron chi connectivity index (χ3n) is 1.54. The summed E-state index contributed by atoms with van der Waals surface area (Å²) in [6.45, 7) is 2.53. The van der Waals surface area contributed by atoms with Crippen molar-refractivity contribution in [3.63, 3.8) is 0 Å². The molecular formula is C5H11NaO4S. The van der Waals surface area contributed by atoms with E-state index < -0.39 is 21.3 Å². The molecule has 0 aromatic rings. The van der Waals surface area contributed by atoms with E-state index in [0.717, 1.165) is 0 Å². The van der Waals surface area contributed by atoms with Gasteiger partial charge in [0, 0.05) is 6.61 Å². The predicted octanol–water partition coefficient (Wildman–Crippen LogP) is -3.45. The second-order valence-electron chi connectivity index (χ2n) is 2.36. The van der Waals surface area contributed by atoms with Gasteiger partial charge in [-0.05, 0) is 12.8 Å². The Hall–Kier alpha value is 0.870. The largest absolute Gasteiger partial charge is 1.00 e. The molecule has 0 aromatic heterocycles. The Labute approximate surface area is 89.0 Å². The van der Waals surface area contributed by atoms with Crippen molar-refractivity contribution in [3.8, 4) is 0 Å². The van der Waals surface area contributed by atoms with Crippen LogP contribution in [0, 0.1) is 5.92 Å². The molecular weight excluding hydrogens is 179 g/mol. The summed E-state index contributed by atoms with van der Waals surface area (Å²) in [6, 6.07) is 0. The van der Waals surface area contributed by atoms with E-state index in [1.54, 1.807) is 0 Å². The van der Waals surface area contributed by atoms with Crippen LogP contribution in [0.4, 0.5) is 0 Å². The summed E-state index contributed by atoms with van der Waals surface area (Å²) < 4.78 is 30.8.